The quantitative estimate of drug-likeness (QED) is 0.393. The minimum absolute atomic E-state index is 0.209. The molecule has 0 saturated carbocycles. The van der Waals surface area contributed by atoms with Crippen LogP contribution in [0.25, 0.3) is 0 Å². The zero-order valence-corrected chi connectivity index (χ0v) is 20.1. The molecule has 1 aliphatic heterocycles. The molecule has 1 heterocycles. The fraction of sp³-hybridized carbons (Fsp3) is 0.952. The molecule has 1 fully saturated rings. The van der Waals surface area contributed by atoms with Crippen LogP contribution < -0.4 is 0 Å². The molecule has 6 heteroatoms. The first-order valence-corrected chi connectivity index (χ1v) is 12.8. The van der Waals surface area contributed by atoms with Crippen LogP contribution in [0.1, 0.15) is 75.2 Å². The maximum Gasteiger partial charge on any atom is 0.410 e. The molecule has 1 amide bonds. The summed E-state index contributed by atoms with van der Waals surface area (Å²) in [6.45, 7) is 22.2. The standard InChI is InChI=1S/C21H43NO4Si/c1-16(2)27(17(3)4,18(5)6)25-15-14-24-19-10-12-22(13-11-19)20(23)26-21(7,8)9/h16-19H,10-15H2,1-9H3. The van der Waals surface area contributed by atoms with E-state index in [9.17, 15) is 4.79 Å². The Labute approximate surface area is 168 Å². The van der Waals surface area contributed by atoms with Crippen molar-refractivity contribution in [3.8, 4) is 0 Å². The Bertz CT molecular complexity index is 430. The van der Waals surface area contributed by atoms with Gasteiger partial charge in [0, 0.05) is 13.1 Å². The molecule has 0 aromatic carbocycles. The third-order valence-corrected chi connectivity index (χ3v) is 11.7. The molecule has 1 saturated heterocycles. The van der Waals surface area contributed by atoms with E-state index in [4.69, 9.17) is 13.9 Å². The topological polar surface area (TPSA) is 48.0 Å². The monoisotopic (exact) mass is 401 g/mol. The third kappa shape index (κ3) is 7.06. The molecule has 1 aliphatic rings. The summed E-state index contributed by atoms with van der Waals surface area (Å²) in [7, 11) is -1.81. The average molecular weight is 402 g/mol. The summed E-state index contributed by atoms with van der Waals surface area (Å²) in [5.74, 6) is 0. The van der Waals surface area contributed by atoms with E-state index < -0.39 is 13.9 Å². The van der Waals surface area contributed by atoms with Gasteiger partial charge in [0.2, 0.25) is 0 Å². The molecule has 0 spiro atoms. The van der Waals surface area contributed by atoms with Crippen LogP contribution >= 0.6 is 0 Å². The van der Waals surface area contributed by atoms with Gasteiger partial charge in [-0.1, -0.05) is 41.5 Å². The fourth-order valence-electron chi connectivity index (χ4n) is 4.46. The van der Waals surface area contributed by atoms with Crippen molar-refractivity contribution in [2.45, 2.75) is 103 Å². The first kappa shape index (κ1) is 24.4. The number of piperidine rings is 1. The van der Waals surface area contributed by atoms with E-state index in [-0.39, 0.29) is 12.2 Å². The molecular weight excluding hydrogens is 358 g/mol. The van der Waals surface area contributed by atoms with Gasteiger partial charge < -0.3 is 18.8 Å². The first-order valence-electron chi connectivity index (χ1n) is 10.6. The second-order valence-corrected chi connectivity index (χ2v) is 15.2. The SMILES string of the molecule is CC(C)[Si](OCCOC1CCN(C(=O)OC(C)(C)C)CC1)(C(C)C)C(C)C. The van der Waals surface area contributed by atoms with E-state index in [1.807, 2.05) is 20.8 Å². The maximum atomic E-state index is 12.1. The number of hydrogen-bond acceptors (Lipinski definition) is 4. The number of ether oxygens (including phenoxy) is 2. The molecule has 0 aromatic heterocycles. The molecular formula is C21H43NO4Si. The number of carbonyl (C=O) groups is 1. The average Bonchev–Trinajstić information content (AvgIpc) is 2.52. The highest BCUT2D eigenvalue weighted by Gasteiger charge is 2.44. The summed E-state index contributed by atoms with van der Waals surface area (Å²) >= 11 is 0. The number of hydrogen-bond donors (Lipinski definition) is 0. The lowest BCUT2D eigenvalue weighted by atomic mass is 10.1. The fourth-order valence-corrected chi connectivity index (χ4v) is 9.90. The second-order valence-electron chi connectivity index (χ2n) is 9.70. The van der Waals surface area contributed by atoms with Crippen LogP contribution in [0.5, 0.6) is 0 Å². The molecule has 0 aromatic rings. The zero-order chi connectivity index (χ0) is 20.8. The lowest BCUT2D eigenvalue weighted by Crippen LogP contribution is -2.48. The second kappa shape index (κ2) is 10.3. The molecule has 160 valence electrons. The number of amides is 1. The van der Waals surface area contributed by atoms with Crippen molar-refractivity contribution in [3.05, 3.63) is 0 Å². The van der Waals surface area contributed by atoms with Crippen molar-refractivity contribution < 1.29 is 18.7 Å². The first-order chi connectivity index (χ1) is 12.4. The van der Waals surface area contributed by atoms with Crippen molar-refractivity contribution >= 4 is 14.4 Å². The Morgan fingerprint density at radius 1 is 0.963 bits per heavy atom. The van der Waals surface area contributed by atoms with Crippen LogP contribution in [0.15, 0.2) is 0 Å². The van der Waals surface area contributed by atoms with Crippen molar-refractivity contribution in [2.75, 3.05) is 26.3 Å². The van der Waals surface area contributed by atoms with Gasteiger partial charge in [-0.3, -0.25) is 0 Å². The Kier molecular flexibility index (Phi) is 9.29. The summed E-state index contributed by atoms with van der Waals surface area (Å²) in [5, 5.41) is 0. The molecule has 0 bridgehead atoms. The van der Waals surface area contributed by atoms with Crippen LogP contribution in [-0.2, 0) is 13.9 Å². The molecule has 0 aliphatic carbocycles. The number of likely N-dealkylation sites (tertiary alicyclic amines) is 1. The summed E-state index contributed by atoms with van der Waals surface area (Å²) in [4.78, 5) is 13.9. The molecule has 0 atom stereocenters. The van der Waals surface area contributed by atoms with Gasteiger partial charge in [0.1, 0.15) is 5.60 Å². The van der Waals surface area contributed by atoms with Crippen molar-refractivity contribution in [2.24, 2.45) is 0 Å². The van der Waals surface area contributed by atoms with Gasteiger partial charge in [0.15, 0.2) is 8.32 Å². The lowest BCUT2D eigenvalue weighted by Gasteiger charge is -2.42. The van der Waals surface area contributed by atoms with Gasteiger partial charge >= 0.3 is 6.09 Å². The summed E-state index contributed by atoms with van der Waals surface area (Å²) in [5.41, 5.74) is 1.33. The van der Waals surface area contributed by atoms with Crippen LogP contribution in [0, 0.1) is 0 Å². The predicted octanol–water partition coefficient (Wildman–Crippen LogP) is 5.59. The Morgan fingerprint density at radius 3 is 1.85 bits per heavy atom. The van der Waals surface area contributed by atoms with Gasteiger partial charge in [-0.25, -0.2) is 4.79 Å². The van der Waals surface area contributed by atoms with Crippen molar-refractivity contribution in [3.63, 3.8) is 0 Å². The molecule has 0 radical (unpaired) electrons. The van der Waals surface area contributed by atoms with Gasteiger partial charge in [0.05, 0.1) is 19.3 Å². The van der Waals surface area contributed by atoms with Crippen LogP contribution in [0.4, 0.5) is 4.79 Å². The van der Waals surface area contributed by atoms with Gasteiger partial charge in [-0.05, 0) is 50.2 Å². The van der Waals surface area contributed by atoms with E-state index in [2.05, 4.69) is 41.5 Å². The zero-order valence-electron chi connectivity index (χ0n) is 19.1. The number of nitrogens with zero attached hydrogens (tertiary/aromatic N) is 1. The summed E-state index contributed by atoms with van der Waals surface area (Å²) in [6.07, 6.45) is 1.71. The molecule has 27 heavy (non-hydrogen) atoms. The minimum Gasteiger partial charge on any atom is -0.444 e. The highest BCUT2D eigenvalue weighted by atomic mass is 28.4. The Hall–Kier alpha value is -0.593. The lowest BCUT2D eigenvalue weighted by molar-refractivity contribution is -0.0189. The van der Waals surface area contributed by atoms with E-state index in [1.54, 1.807) is 4.90 Å². The van der Waals surface area contributed by atoms with Crippen molar-refractivity contribution in [1.29, 1.82) is 0 Å². The van der Waals surface area contributed by atoms with E-state index in [1.165, 1.54) is 0 Å². The van der Waals surface area contributed by atoms with Crippen LogP contribution in [0.2, 0.25) is 16.6 Å². The molecule has 1 rings (SSSR count). The molecule has 5 nitrogen and oxygen atoms in total. The smallest absolute Gasteiger partial charge is 0.410 e. The molecule has 0 unspecified atom stereocenters. The largest absolute Gasteiger partial charge is 0.444 e. The normalized spacial score (nSPS) is 17.3. The van der Waals surface area contributed by atoms with E-state index in [0.29, 0.717) is 42.9 Å². The van der Waals surface area contributed by atoms with Crippen molar-refractivity contribution in [1.82, 2.24) is 4.90 Å². The van der Waals surface area contributed by atoms with Gasteiger partial charge in [-0.15, -0.1) is 0 Å². The van der Waals surface area contributed by atoms with Gasteiger partial charge in [-0.2, -0.15) is 0 Å². The highest BCUT2D eigenvalue weighted by Crippen LogP contribution is 2.42. The van der Waals surface area contributed by atoms with Crippen LogP contribution in [0.3, 0.4) is 0 Å². The Balaban J connectivity index is 2.39. The predicted molar refractivity (Wildman–Crippen MR) is 114 cm³/mol. The van der Waals surface area contributed by atoms with E-state index in [0.717, 1.165) is 12.8 Å². The minimum atomic E-state index is -1.81. The highest BCUT2D eigenvalue weighted by molar-refractivity contribution is 6.77. The molecule has 0 N–H and O–H groups in total. The Morgan fingerprint density at radius 2 is 1.44 bits per heavy atom. The van der Waals surface area contributed by atoms with E-state index >= 15 is 0 Å². The summed E-state index contributed by atoms with van der Waals surface area (Å²) < 4.78 is 18.1. The maximum absolute atomic E-state index is 12.1. The number of carbonyl (C=O) groups excluding carboxylic acids is 1. The summed E-state index contributed by atoms with van der Waals surface area (Å²) in [6, 6.07) is 0. The number of rotatable bonds is 8. The third-order valence-electron chi connectivity index (χ3n) is 5.59. The van der Waals surface area contributed by atoms with Crippen LogP contribution in [-0.4, -0.2) is 57.3 Å². The van der Waals surface area contributed by atoms with Gasteiger partial charge in [0.25, 0.3) is 0 Å².